The minimum Gasteiger partial charge on any atom is -0.256 e. The molecule has 25 heavy (non-hydrogen) atoms. The quantitative estimate of drug-likeness (QED) is 0.777. The maximum absolute atomic E-state index is 12.7. The third kappa shape index (κ3) is 3.44. The zero-order valence-electron chi connectivity index (χ0n) is 13.3. The fourth-order valence-corrected chi connectivity index (χ4v) is 2.64. The largest absolute Gasteiger partial charge is 0.417 e. The topological polar surface area (TPSA) is 49.6 Å². The van der Waals surface area contributed by atoms with Gasteiger partial charge in [0.15, 0.2) is 0 Å². The van der Waals surface area contributed by atoms with Crippen LogP contribution in [0.3, 0.4) is 0 Å². The lowest BCUT2D eigenvalue weighted by Crippen LogP contribution is -2.42. The molecule has 0 amide bonds. The smallest absolute Gasteiger partial charge is 0.256 e. The zero-order chi connectivity index (χ0) is 18.1. The Balaban J connectivity index is 1.86. The molecule has 1 aliphatic heterocycles. The number of nitriles is 1. The van der Waals surface area contributed by atoms with Crippen LogP contribution >= 0.6 is 0 Å². The predicted molar refractivity (Wildman–Crippen MR) is 87.9 cm³/mol. The molecule has 3 heterocycles. The van der Waals surface area contributed by atoms with Gasteiger partial charge in [0.2, 0.25) is 5.82 Å². The van der Waals surface area contributed by atoms with Crippen LogP contribution in [0.2, 0.25) is 0 Å². The number of rotatable bonds is 2. The molecule has 0 saturated heterocycles. The van der Waals surface area contributed by atoms with Crippen LogP contribution < -0.4 is 4.48 Å². The molecule has 0 N–H and O–H groups in total. The summed E-state index contributed by atoms with van der Waals surface area (Å²) in [6, 6.07) is 7.89. The van der Waals surface area contributed by atoms with E-state index in [0.717, 1.165) is 23.7 Å². The van der Waals surface area contributed by atoms with E-state index in [-0.39, 0.29) is 0 Å². The van der Waals surface area contributed by atoms with E-state index in [1.54, 1.807) is 12.1 Å². The lowest BCUT2D eigenvalue weighted by molar-refractivity contribution is -0.137. The molecule has 0 aliphatic carbocycles. The average Bonchev–Trinajstić information content (AvgIpc) is 2.61. The minimum atomic E-state index is -4.40. The van der Waals surface area contributed by atoms with Crippen LogP contribution in [-0.2, 0) is 6.18 Å². The molecule has 0 bridgehead atoms. The van der Waals surface area contributed by atoms with Crippen molar-refractivity contribution in [3.8, 4) is 6.07 Å². The fourth-order valence-electron chi connectivity index (χ4n) is 2.64. The molecular weight excluding hydrogens is 329 g/mol. The monoisotopic (exact) mass is 343 g/mol. The molecule has 0 aromatic carbocycles. The summed E-state index contributed by atoms with van der Waals surface area (Å²) >= 11 is 0. The molecule has 0 radical (unpaired) electrons. The first kappa shape index (κ1) is 16.9. The summed E-state index contributed by atoms with van der Waals surface area (Å²) in [6.45, 7) is 0.494. The van der Waals surface area contributed by atoms with Crippen molar-refractivity contribution >= 4 is 11.4 Å². The Kier molecular flexibility index (Phi) is 4.15. The van der Waals surface area contributed by atoms with Gasteiger partial charge in [0.05, 0.1) is 30.1 Å². The third-order valence-corrected chi connectivity index (χ3v) is 4.03. The molecule has 1 unspecified atom stereocenters. The van der Waals surface area contributed by atoms with E-state index < -0.39 is 11.7 Å². The number of alkyl halides is 3. The Morgan fingerprint density at radius 3 is 2.48 bits per heavy atom. The van der Waals surface area contributed by atoms with Crippen molar-refractivity contribution in [2.45, 2.75) is 6.18 Å². The minimum absolute atomic E-state index is 0.334. The van der Waals surface area contributed by atoms with Gasteiger partial charge in [-0.25, -0.2) is 9.47 Å². The SMILES string of the molecule is C[N+]1(c2ccc(C#N)cn2)C=CC=C(c2ccc(C(F)(F)F)cn2)C1. The van der Waals surface area contributed by atoms with Gasteiger partial charge in [-0.3, -0.25) is 4.98 Å². The lowest BCUT2D eigenvalue weighted by Gasteiger charge is -2.31. The lowest BCUT2D eigenvalue weighted by atomic mass is 10.1. The number of hydrogen-bond acceptors (Lipinski definition) is 3. The van der Waals surface area contributed by atoms with Crippen molar-refractivity contribution in [2.75, 3.05) is 13.6 Å². The molecule has 0 fully saturated rings. The van der Waals surface area contributed by atoms with Gasteiger partial charge in [-0.2, -0.15) is 18.4 Å². The number of allylic oxidation sites excluding steroid dienone is 2. The summed E-state index contributed by atoms with van der Waals surface area (Å²) in [4.78, 5) is 8.28. The van der Waals surface area contributed by atoms with E-state index in [0.29, 0.717) is 22.3 Å². The summed E-state index contributed by atoms with van der Waals surface area (Å²) in [6.07, 6.45) is 3.54. The molecule has 1 aliphatic rings. The number of likely N-dealkylation sites (N-methyl/N-ethyl adjacent to an activating group) is 1. The van der Waals surface area contributed by atoms with Crippen LogP contribution in [0.4, 0.5) is 19.0 Å². The van der Waals surface area contributed by atoms with Gasteiger partial charge in [-0.1, -0.05) is 0 Å². The van der Waals surface area contributed by atoms with Gasteiger partial charge >= 0.3 is 6.18 Å². The standard InChI is InChI=1S/C18H14F3N4/c1-25(17-7-4-13(9-22)10-24-17)8-2-3-14(12-25)16-6-5-15(11-23-16)18(19,20)21/h2-8,10-11H,12H2,1H3/q+1. The van der Waals surface area contributed by atoms with E-state index in [9.17, 15) is 13.2 Å². The second kappa shape index (κ2) is 6.15. The predicted octanol–water partition coefficient (Wildman–Crippen LogP) is 3.92. The van der Waals surface area contributed by atoms with Crippen molar-refractivity contribution in [3.05, 3.63) is 71.8 Å². The van der Waals surface area contributed by atoms with E-state index in [1.165, 1.54) is 12.3 Å². The van der Waals surface area contributed by atoms with Crippen molar-refractivity contribution in [1.29, 1.82) is 5.26 Å². The number of hydrogen-bond donors (Lipinski definition) is 0. The van der Waals surface area contributed by atoms with Crippen LogP contribution in [0.25, 0.3) is 5.57 Å². The Morgan fingerprint density at radius 2 is 1.92 bits per heavy atom. The molecule has 4 nitrogen and oxygen atoms in total. The average molecular weight is 343 g/mol. The number of halogens is 3. The van der Waals surface area contributed by atoms with E-state index >= 15 is 0 Å². The zero-order valence-corrected chi connectivity index (χ0v) is 13.3. The maximum atomic E-state index is 12.7. The first-order chi connectivity index (χ1) is 11.8. The summed E-state index contributed by atoms with van der Waals surface area (Å²) in [7, 11) is 1.93. The highest BCUT2D eigenvalue weighted by Crippen LogP contribution is 2.31. The molecule has 126 valence electrons. The summed E-state index contributed by atoms with van der Waals surface area (Å²) in [5, 5.41) is 8.87. The Bertz CT molecular complexity index is 875. The van der Waals surface area contributed by atoms with Crippen LogP contribution in [0.15, 0.2) is 55.0 Å². The highest BCUT2D eigenvalue weighted by molar-refractivity contribution is 5.70. The third-order valence-electron chi connectivity index (χ3n) is 4.03. The van der Waals surface area contributed by atoms with Crippen LogP contribution in [-0.4, -0.2) is 23.6 Å². The molecule has 2 aromatic heterocycles. The summed E-state index contributed by atoms with van der Waals surface area (Å²) in [5.74, 6) is 0.729. The fraction of sp³-hybridized carbons (Fsp3) is 0.167. The van der Waals surface area contributed by atoms with Gasteiger partial charge < -0.3 is 0 Å². The van der Waals surface area contributed by atoms with Gasteiger partial charge in [-0.05, 0) is 30.4 Å². The van der Waals surface area contributed by atoms with Gasteiger partial charge in [0, 0.05) is 17.8 Å². The van der Waals surface area contributed by atoms with Crippen LogP contribution in [0.5, 0.6) is 0 Å². The first-order valence-corrected chi connectivity index (χ1v) is 7.46. The number of aromatic nitrogens is 2. The molecule has 1 atom stereocenters. The highest BCUT2D eigenvalue weighted by Gasteiger charge is 2.32. The molecular formula is C18H14F3N4+. The molecule has 3 rings (SSSR count). The van der Waals surface area contributed by atoms with Gasteiger partial charge in [-0.15, -0.1) is 0 Å². The number of pyridine rings is 2. The maximum Gasteiger partial charge on any atom is 0.417 e. The van der Waals surface area contributed by atoms with Gasteiger partial charge in [0.25, 0.3) is 0 Å². The Morgan fingerprint density at radius 1 is 1.12 bits per heavy atom. The van der Waals surface area contributed by atoms with Crippen LogP contribution in [0, 0.1) is 11.3 Å². The summed E-state index contributed by atoms with van der Waals surface area (Å²) < 4.78 is 38.3. The summed E-state index contributed by atoms with van der Waals surface area (Å²) in [5.41, 5.74) is 1.01. The Labute approximate surface area is 142 Å². The van der Waals surface area contributed by atoms with Crippen molar-refractivity contribution in [3.63, 3.8) is 0 Å². The van der Waals surface area contributed by atoms with Crippen LogP contribution in [0.1, 0.15) is 16.8 Å². The number of nitrogens with zero attached hydrogens (tertiary/aromatic N) is 4. The van der Waals surface area contributed by atoms with Gasteiger partial charge in [0.1, 0.15) is 18.8 Å². The van der Waals surface area contributed by atoms with Crippen molar-refractivity contribution in [1.82, 2.24) is 14.5 Å². The van der Waals surface area contributed by atoms with E-state index in [4.69, 9.17) is 5.26 Å². The second-order valence-electron chi connectivity index (χ2n) is 5.91. The molecule has 0 saturated carbocycles. The Hall–Kier alpha value is -2.98. The van der Waals surface area contributed by atoms with E-state index in [2.05, 4.69) is 9.97 Å². The normalized spacial score (nSPS) is 20.0. The van der Waals surface area contributed by atoms with Crippen molar-refractivity contribution < 1.29 is 13.2 Å². The highest BCUT2D eigenvalue weighted by atomic mass is 19.4. The second-order valence-corrected chi connectivity index (χ2v) is 5.91. The first-order valence-electron chi connectivity index (χ1n) is 7.46. The number of quaternary nitrogens is 1. The van der Waals surface area contributed by atoms with E-state index in [1.807, 2.05) is 31.5 Å². The molecule has 7 heteroatoms. The van der Waals surface area contributed by atoms with Crippen molar-refractivity contribution in [2.24, 2.45) is 0 Å². The molecule has 2 aromatic rings. The molecule has 0 spiro atoms.